The molecule has 2 aromatic rings. The maximum Gasteiger partial charge on any atom is 0.391 e. The molecule has 0 aliphatic rings. The Morgan fingerprint density at radius 2 is 2.00 bits per heavy atom. The number of hydrogen-bond acceptors (Lipinski definition) is 2. The van der Waals surface area contributed by atoms with Crippen molar-refractivity contribution in [2.75, 3.05) is 6.54 Å². The van der Waals surface area contributed by atoms with Crippen LogP contribution in [0.3, 0.4) is 0 Å². The van der Waals surface area contributed by atoms with Gasteiger partial charge in [0.2, 0.25) is 0 Å². The molecular formula is C13H14F3NO. The molecular weight excluding hydrogens is 243 g/mol. The van der Waals surface area contributed by atoms with E-state index in [4.69, 9.17) is 4.42 Å². The Labute approximate surface area is 103 Å². The molecule has 1 atom stereocenters. The Balaban J connectivity index is 2.29. The number of rotatable bonds is 4. The zero-order valence-corrected chi connectivity index (χ0v) is 9.92. The summed E-state index contributed by atoms with van der Waals surface area (Å²) in [6.45, 7) is 2.23. The van der Waals surface area contributed by atoms with E-state index in [9.17, 15) is 13.2 Å². The van der Waals surface area contributed by atoms with Crippen LogP contribution in [0.2, 0.25) is 0 Å². The number of benzene rings is 1. The second-order valence-electron chi connectivity index (χ2n) is 4.12. The van der Waals surface area contributed by atoms with Crippen molar-refractivity contribution in [1.29, 1.82) is 0 Å². The molecule has 0 saturated carbocycles. The van der Waals surface area contributed by atoms with Crippen LogP contribution in [-0.4, -0.2) is 12.7 Å². The van der Waals surface area contributed by atoms with Gasteiger partial charge in [0, 0.05) is 5.39 Å². The normalized spacial score (nSPS) is 14.0. The molecule has 1 unspecified atom stereocenters. The van der Waals surface area contributed by atoms with E-state index in [1.165, 1.54) is 0 Å². The summed E-state index contributed by atoms with van der Waals surface area (Å²) < 4.78 is 42.9. The van der Waals surface area contributed by atoms with Gasteiger partial charge in [0.15, 0.2) is 0 Å². The van der Waals surface area contributed by atoms with E-state index < -0.39 is 18.6 Å². The fourth-order valence-electron chi connectivity index (χ4n) is 1.93. The molecule has 0 amide bonds. The lowest BCUT2D eigenvalue weighted by Crippen LogP contribution is -2.26. The second-order valence-corrected chi connectivity index (χ2v) is 4.12. The van der Waals surface area contributed by atoms with Crippen molar-refractivity contribution in [1.82, 2.24) is 5.32 Å². The molecule has 1 aromatic heterocycles. The number of furan rings is 1. The molecule has 0 aliphatic carbocycles. The lowest BCUT2D eigenvalue weighted by atomic mass is 10.1. The first-order valence-electron chi connectivity index (χ1n) is 5.78. The van der Waals surface area contributed by atoms with Crippen LogP contribution >= 0.6 is 0 Å². The molecule has 18 heavy (non-hydrogen) atoms. The third kappa shape index (κ3) is 3.04. The highest BCUT2D eigenvalue weighted by Gasteiger charge is 2.33. The highest BCUT2D eigenvalue weighted by molar-refractivity contribution is 5.77. The minimum atomic E-state index is -4.22. The number of fused-ring (bicyclic) bond motifs is 1. The lowest BCUT2D eigenvalue weighted by molar-refractivity contribution is -0.141. The lowest BCUT2D eigenvalue weighted by Gasteiger charge is -2.17. The highest BCUT2D eigenvalue weighted by Crippen LogP contribution is 2.32. The highest BCUT2D eigenvalue weighted by atomic mass is 19.4. The van der Waals surface area contributed by atoms with Crippen molar-refractivity contribution in [2.45, 2.75) is 25.6 Å². The number of halogens is 3. The molecule has 5 heteroatoms. The van der Waals surface area contributed by atoms with Crippen LogP contribution in [0.4, 0.5) is 13.2 Å². The van der Waals surface area contributed by atoms with Crippen LogP contribution < -0.4 is 5.32 Å². The van der Waals surface area contributed by atoms with Crippen LogP contribution in [0.1, 0.15) is 25.1 Å². The summed E-state index contributed by atoms with van der Waals surface area (Å²) in [6, 6.07) is 8.01. The first-order valence-corrected chi connectivity index (χ1v) is 5.78. The van der Waals surface area contributed by atoms with Gasteiger partial charge in [0.05, 0.1) is 12.5 Å². The van der Waals surface area contributed by atoms with Gasteiger partial charge in [-0.1, -0.05) is 25.1 Å². The number of nitrogens with one attached hydrogen (secondary N) is 1. The van der Waals surface area contributed by atoms with Gasteiger partial charge in [-0.15, -0.1) is 0 Å². The van der Waals surface area contributed by atoms with E-state index >= 15 is 0 Å². The van der Waals surface area contributed by atoms with Crippen molar-refractivity contribution in [3.05, 3.63) is 36.1 Å². The zero-order valence-electron chi connectivity index (χ0n) is 9.92. The molecule has 98 valence electrons. The SMILES string of the molecule is CCNC(CC(F)(F)F)c1cc2ccccc2o1. The molecule has 1 heterocycles. The Morgan fingerprint density at radius 3 is 2.61 bits per heavy atom. The Kier molecular flexibility index (Phi) is 3.61. The Bertz CT molecular complexity index is 485. The predicted molar refractivity (Wildman–Crippen MR) is 63.3 cm³/mol. The third-order valence-electron chi connectivity index (χ3n) is 2.67. The summed E-state index contributed by atoms with van der Waals surface area (Å²) in [4.78, 5) is 0. The summed E-state index contributed by atoms with van der Waals surface area (Å²) in [5, 5.41) is 3.62. The van der Waals surface area contributed by atoms with Gasteiger partial charge in [0.1, 0.15) is 11.3 Å². The summed E-state index contributed by atoms with van der Waals surface area (Å²) in [7, 11) is 0. The largest absolute Gasteiger partial charge is 0.459 e. The minimum Gasteiger partial charge on any atom is -0.459 e. The number of para-hydroxylation sites is 1. The fourth-order valence-corrected chi connectivity index (χ4v) is 1.93. The van der Waals surface area contributed by atoms with Gasteiger partial charge in [-0.25, -0.2) is 0 Å². The van der Waals surface area contributed by atoms with Crippen molar-refractivity contribution in [2.24, 2.45) is 0 Å². The molecule has 1 aromatic carbocycles. The molecule has 0 fully saturated rings. The van der Waals surface area contributed by atoms with E-state index in [-0.39, 0.29) is 0 Å². The first-order chi connectivity index (χ1) is 8.49. The van der Waals surface area contributed by atoms with Gasteiger partial charge < -0.3 is 9.73 Å². The number of alkyl halides is 3. The average Bonchev–Trinajstić information content (AvgIpc) is 2.70. The Morgan fingerprint density at radius 1 is 1.28 bits per heavy atom. The molecule has 1 N–H and O–H groups in total. The molecule has 0 radical (unpaired) electrons. The maximum absolute atomic E-state index is 12.5. The summed E-state index contributed by atoms with van der Waals surface area (Å²) in [6.07, 6.45) is -5.15. The molecule has 2 nitrogen and oxygen atoms in total. The van der Waals surface area contributed by atoms with Crippen molar-refractivity contribution in [3.63, 3.8) is 0 Å². The van der Waals surface area contributed by atoms with E-state index in [1.54, 1.807) is 25.1 Å². The monoisotopic (exact) mass is 257 g/mol. The van der Waals surface area contributed by atoms with Crippen LogP contribution in [-0.2, 0) is 0 Å². The minimum absolute atomic E-state index is 0.329. The summed E-state index contributed by atoms with van der Waals surface area (Å²) in [5.41, 5.74) is 0.609. The van der Waals surface area contributed by atoms with E-state index in [0.29, 0.717) is 17.9 Å². The zero-order chi connectivity index (χ0) is 13.2. The maximum atomic E-state index is 12.5. The summed E-state index contributed by atoms with van der Waals surface area (Å²) in [5.74, 6) is 0.329. The van der Waals surface area contributed by atoms with Crippen LogP contribution in [0.5, 0.6) is 0 Å². The van der Waals surface area contributed by atoms with Gasteiger partial charge >= 0.3 is 6.18 Å². The third-order valence-corrected chi connectivity index (χ3v) is 2.67. The Hall–Kier alpha value is -1.49. The standard InChI is InChI=1S/C13H14F3NO/c1-2-17-10(8-13(14,15)16)12-7-9-5-3-4-6-11(9)18-12/h3-7,10,17H,2,8H2,1H3. The van der Waals surface area contributed by atoms with Crippen molar-refractivity contribution >= 4 is 11.0 Å². The topological polar surface area (TPSA) is 25.2 Å². The molecule has 0 spiro atoms. The van der Waals surface area contributed by atoms with Crippen LogP contribution in [0.15, 0.2) is 34.7 Å². The fraction of sp³-hybridized carbons (Fsp3) is 0.385. The van der Waals surface area contributed by atoms with Crippen molar-refractivity contribution in [3.8, 4) is 0 Å². The van der Waals surface area contributed by atoms with Crippen LogP contribution in [0, 0.1) is 0 Å². The molecule has 0 saturated heterocycles. The molecule has 2 rings (SSSR count). The smallest absolute Gasteiger partial charge is 0.391 e. The van der Waals surface area contributed by atoms with Gasteiger partial charge in [0.25, 0.3) is 0 Å². The molecule has 0 aliphatic heterocycles. The van der Waals surface area contributed by atoms with E-state index in [0.717, 1.165) is 5.39 Å². The number of hydrogen-bond donors (Lipinski definition) is 1. The quantitative estimate of drug-likeness (QED) is 0.894. The summed E-state index contributed by atoms with van der Waals surface area (Å²) >= 11 is 0. The average molecular weight is 257 g/mol. The van der Waals surface area contributed by atoms with Crippen molar-refractivity contribution < 1.29 is 17.6 Å². The van der Waals surface area contributed by atoms with Gasteiger partial charge in [-0.3, -0.25) is 0 Å². The van der Waals surface area contributed by atoms with Crippen LogP contribution in [0.25, 0.3) is 11.0 Å². The van der Waals surface area contributed by atoms with E-state index in [2.05, 4.69) is 5.32 Å². The first kappa shape index (κ1) is 13.0. The second kappa shape index (κ2) is 5.02. The van der Waals surface area contributed by atoms with Gasteiger partial charge in [-0.2, -0.15) is 13.2 Å². The van der Waals surface area contributed by atoms with Gasteiger partial charge in [-0.05, 0) is 18.7 Å². The molecule has 0 bridgehead atoms. The van der Waals surface area contributed by atoms with E-state index in [1.807, 2.05) is 12.1 Å². The predicted octanol–water partition coefficient (Wildman–Crippen LogP) is 4.04.